The van der Waals surface area contributed by atoms with Crippen LogP contribution in [0.1, 0.15) is 116 Å². The van der Waals surface area contributed by atoms with Crippen molar-refractivity contribution in [2.24, 2.45) is 0 Å². The van der Waals surface area contributed by atoms with Gasteiger partial charge in [-0.05, 0) is 137 Å². The van der Waals surface area contributed by atoms with Crippen LogP contribution >= 0.6 is 0 Å². The molecule has 0 radical (unpaired) electrons. The second-order valence-electron chi connectivity index (χ2n) is 20.5. The van der Waals surface area contributed by atoms with Crippen molar-refractivity contribution in [1.29, 1.82) is 0 Å². The molecule has 14 nitrogen and oxygen atoms in total. The predicted octanol–water partition coefficient (Wildman–Crippen LogP) is 14.0. The molecule has 4 heterocycles. The lowest BCUT2D eigenvalue weighted by molar-refractivity contribution is 0.0973. The highest BCUT2D eigenvalue weighted by Gasteiger charge is 2.38. The van der Waals surface area contributed by atoms with Crippen LogP contribution in [0, 0.1) is 55.4 Å². The summed E-state index contributed by atoms with van der Waals surface area (Å²) >= 11 is 0. The van der Waals surface area contributed by atoms with Crippen LogP contribution in [-0.4, -0.2) is 72.3 Å². The van der Waals surface area contributed by atoms with Crippen LogP contribution in [0.25, 0.3) is 46.0 Å². The number of sulfonamides is 2. The van der Waals surface area contributed by atoms with Crippen LogP contribution in [0.2, 0.25) is 0 Å². The minimum absolute atomic E-state index is 0.231. The maximum atomic E-state index is 13.1. The zero-order valence-electron chi connectivity index (χ0n) is 47.4. The van der Waals surface area contributed by atoms with Gasteiger partial charge >= 0.3 is 0 Å². The smallest absolute Gasteiger partial charge is 0.264 e. The molecule has 10 rings (SSSR count). The number of benzene rings is 6. The number of unbranched alkanes of at least 4 members (excludes halogenated alkanes) is 3. The number of Topliss-reactive ketones (excluding diaryl/α,β-unsaturated/α-hetero) is 2. The molecule has 0 fully saturated rings. The average Bonchev–Trinajstić information content (AvgIpc) is 4.17. The molecule has 0 saturated carbocycles. The Morgan fingerprint density at radius 3 is 1.11 bits per heavy atom. The third-order valence-corrected chi connectivity index (χ3v) is 18.1. The number of fused-ring (bicyclic) bond motifs is 6. The third kappa shape index (κ3) is 11.0. The van der Waals surface area contributed by atoms with E-state index in [2.05, 4.69) is 13.8 Å². The topological polar surface area (TPSA) is 185 Å². The first-order valence-electron chi connectivity index (χ1n) is 26.6. The van der Waals surface area contributed by atoms with Gasteiger partial charge in [-0.2, -0.15) is 10.2 Å². The number of rotatable bonds is 11. The predicted molar refractivity (Wildman–Crippen MR) is 320 cm³/mol. The Labute approximate surface area is 470 Å². The average molecular weight is 1110 g/mol. The zero-order chi connectivity index (χ0) is 58.1. The van der Waals surface area contributed by atoms with Gasteiger partial charge in [-0.1, -0.05) is 136 Å². The first-order chi connectivity index (χ1) is 37.9. The Morgan fingerprint density at radius 2 is 0.800 bits per heavy atom. The SMILES string of the molecule is CCCCCC.Cc1cc(C)c(C(=O)/C(O)=C/c2ccc(-n3nc4c(c3C)N(C)S(=O)(=O)c3ccccc3-4)cc2)c(C)c1.Cc1cc(C)c(C(=O)/C(O)=C/c2ccc(-n3nc4c(c3C)N(C)S(=O)(=O)c3ccccc3-4)cc2)c(C)c1. The van der Waals surface area contributed by atoms with Gasteiger partial charge in [-0.15, -0.1) is 0 Å². The number of aliphatic hydroxyl groups is 2. The number of carbonyl (C=O) groups is 2. The van der Waals surface area contributed by atoms with Crippen molar-refractivity contribution in [1.82, 2.24) is 19.6 Å². The fourth-order valence-electron chi connectivity index (χ4n) is 10.6. The van der Waals surface area contributed by atoms with Gasteiger partial charge in [0.15, 0.2) is 11.5 Å². The first kappa shape index (κ1) is 57.8. The van der Waals surface area contributed by atoms with Gasteiger partial charge in [-0.25, -0.2) is 26.2 Å². The summed E-state index contributed by atoms with van der Waals surface area (Å²) < 4.78 is 58.2. The molecule has 2 aliphatic heterocycles. The molecular weight excluding hydrogens is 1040 g/mol. The third-order valence-electron chi connectivity index (χ3n) is 14.5. The fraction of sp³-hybridized carbons (Fsp3) is 0.250. The highest BCUT2D eigenvalue weighted by molar-refractivity contribution is 7.93. The largest absolute Gasteiger partial charge is 0.504 e. The van der Waals surface area contributed by atoms with E-state index in [0.717, 1.165) is 44.8 Å². The summed E-state index contributed by atoms with van der Waals surface area (Å²) in [7, 11) is -4.27. The van der Waals surface area contributed by atoms with Crippen molar-refractivity contribution in [3.63, 3.8) is 0 Å². The van der Waals surface area contributed by atoms with Crippen molar-refractivity contribution < 1.29 is 36.6 Å². The van der Waals surface area contributed by atoms with Gasteiger partial charge in [0, 0.05) is 36.3 Å². The molecule has 0 bridgehead atoms. The highest BCUT2D eigenvalue weighted by atomic mass is 32.2. The van der Waals surface area contributed by atoms with Gasteiger partial charge in [0.1, 0.15) is 22.8 Å². The Morgan fingerprint density at radius 1 is 0.487 bits per heavy atom. The maximum absolute atomic E-state index is 13.1. The van der Waals surface area contributed by atoms with E-state index in [1.807, 2.05) is 104 Å². The molecule has 0 saturated heterocycles. The number of aliphatic hydroxyl groups excluding tert-OH is 2. The second kappa shape index (κ2) is 23.2. The molecule has 0 unspecified atom stereocenters. The molecule has 0 spiro atoms. The molecule has 6 aromatic carbocycles. The van der Waals surface area contributed by atoms with Crippen LogP contribution in [0.5, 0.6) is 0 Å². The number of anilines is 2. The Balaban J connectivity index is 0.000000191. The van der Waals surface area contributed by atoms with E-state index in [4.69, 9.17) is 10.2 Å². The van der Waals surface area contributed by atoms with Crippen LogP contribution in [0.3, 0.4) is 0 Å². The number of nitrogens with zero attached hydrogens (tertiary/aromatic N) is 6. The quantitative estimate of drug-likeness (QED) is 0.0546. The van der Waals surface area contributed by atoms with E-state index < -0.39 is 31.6 Å². The van der Waals surface area contributed by atoms with Gasteiger partial charge in [0.25, 0.3) is 20.0 Å². The molecule has 80 heavy (non-hydrogen) atoms. The number of hydrogen-bond donors (Lipinski definition) is 2. The van der Waals surface area contributed by atoms with E-state index in [1.54, 1.807) is 82.2 Å². The molecule has 2 aliphatic rings. The van der Waals surface area contributed by atoms with Crippen molar-refractivity contribution in [3.8, 4) is 33.9 Å². The van der Waals surface area contributed by atoms with Crippen LogP contribution in [0.15, 0.2) is 143 Å². The summed E-state index contributed by atoms with van der Waals surface area (Å²) in [5, 5.41) is 30.7. The Kier molecular flexibility index (Phi) is 16.7. The molecule has 0 atom stereocenters. The van der Waals surface area contributed by atoms with E-state index in [1.165, 1.54) is 60.5 Å². The number of ketones is 2. The highest BCUT2D eigenvalue weighted by Crippen LogP contribution is 2.45. The number of aromatic nitrogens is 4. The molecule has 16 heteroatoms. The minimum atomic E-state index is -3.67. The summed E-state index contributed by atoms with van der Waals surface area (Å²) in [5.74, 6) is -1.51. The van der Waals surface area contributed by atoms with Gasteiger partial charge < -0.3 is 10.2 Å². The zero-order valence-corrected chi connectivity index (χ0v) is 49.0. The number of allylic oxidation sites excluding steroid dienone is 2. The molecular formula is C64H68N6O8S2. The maximum Gasteiger partial charge on any atom is 0.264 e. The molecule has 0 amide bonds. The van der Waals surface area contributed by atoms with Crippen molar-refractivity contribution >= 4 is 55.1 Å². The van der Waals surface area contributed by atoms with E-state index in [9.17, 15) is 36.6 Å². The summed E-state index contributed by atoms with van der Waals surface area (Å²) in [6.45, 7) is 19.5. The van der Waals surface area contributed by atoms with Gasteiger partial charge in [0.05, 0.1) is 32.6 Å². The fourth-order valence-corrected chi connectivity index (χ4v) is 13.5. The second-order valence-corrected chi connectivity index (χ2v) is 24.4. The lowest BCUT2D eigenvalue weighted by Gasteiger charge is -2.26. The minimum Gasteiger partial charge on any atom is -0.504 e. The first-order valence-corrected chi connectivity index (χ1v) is 29.4. The van der Waals surface area contributed by atoms with E-state index >= 15 is 0 Å². The standard InChI is InChI=1S/2C29H27N3O4S.C6H14/c2*1-17-14-18(2)26(19(3)15-17)29(34)24(33)16-21-10-12-22(13-11-21)32-20(4)28-27(30-32)23-8-6-7-9-25(23)37(35,36)31(28)5;1-3-5-6-4-2/h2*6-16,33H,1-5H3;3-6H2,1-2H3/b2*24-16-;. The van der Waals surface area contributed by atoms with Gasteiger partial charge in [0.2, 0.25) is 11.6 Å². The van der Waals surface area contributed by atoms with Gasteiger partial charge in [-0.3, -0.25) is 18.2 Å². The van der Waals surface area contributed by atoms with Crippen molar-refractivity contribution in [2.45, 2.75) is 105 Å². The summed E-state index contributed by atoms with van der Waals surface area (Å²) in [6.07, 6.45) is 8.43. The van der Waals surface area contributed by atoms with Crippen molar-refractivity contribution in [2.75, 3.05) is 22.7 Å². The van der Waals surface area contributed by atoms with E-state index in [0.29, 0.717) is 67.5 Å². The Hall–Kier alpha value is -8.34. The number of carbonyl (C=O) groups excluding carboxylic acids is 2. The summed E-state index contributed by atoms with van der Waals surface area (Å²) in [4.78, 5) is 26.4. The van der Waals surface area contributed by atoms with Crippen LogP contribution < -0.4 is 8.61 Å². The summed E-state index contributed by atoms with van der Waals surface area (Å²) in [6, 6.07) is 35.8. The molecule has 414 valence electrons. The molecule has 2 N–H and O–H groups in total. The van der Waals surface area contributed by atoms with Crippen molar-refractivity contribution in [3.05, 3.63) is 200 Å². The summed E-state index contributed by atoms with van der Waals surface area (Å²) in [5.41, 5.74) is 14.0. The molecule has 8 aromatic rings. The van der Waals surface area contributed by atoms with E-state index in [-0.39, 0.29) is 21.3 Å². The van der Waals surface area contributed by atoms with Crippen LogP contribution in [0.4, 0.5) is 11.4 Å². The lowest BCUT2D eigenvalue weighted by Crippen LogP contribution is -2.30. The normalized spacial score (nSPS) is 13.9. The molecule has 2 aromatic heterocycles. The lowest BCUT2D eigenvalue weighted by atomic mass is 9.95. The number of aryl methyl sites for hydroxylation is 6. The Bertz CT molecular complexity index is 3710. The molecule has 0 aliphatic carbocycles. The monoisotopic (exact) mass is 1110 g/mol. The number of hydrogen-bond acceptors (Lipinski definition) is 10. The van der Waals surface area contributed by atoms with Crippen LogP contribution in [-0.2, 0) is 20.0 Å².